The van der Waals surface area contributed by atoms with Crippen LogP contribution in [-0.2, 0) is 11.2 Å². The van der Waals surface area contributed by atoms with Gasteiger partial charge in [-0.3, -0.25) is 14.0 Å². The molecule has 1 fully saturated rings. The van der Waals surface area contributed by atoms with Gasteiger partial charge in [-0.25, -0.2) is 0 Å². The summed E-state index contributed by atoms with van der Waals surface area (Å²) in [5, 5.41) is 32.6. The minimum atomic E-state index is -0.787. The van der Waals surface area contributed by atoms with E-state index in [9.17, 15) is 19.8 Å². The number of aromatic nitrogens is 3. The second kappa shape index (κ2) is 11.4. The molecular weight excluding hydrogens is 512 g/mol. The molecule has 1 aromatic carbocycles. The summed E-state index contributed by atoms with van der Waals surface area (Å²) in [6, 6.07) is 11.7. The summed E-state index contributed by atoms with van der Waals surface area (Å²) in [5.74, 6) is -0.263. The predicted octanol–water partition coefficient (Wildman–Crippen LogP) is 4.24. The lowest BCUT2D eigenvalue weighted by molar-refractivity contribution is -0.122. The molecule has 1 saturated carbocycles. The third kappa shape index (κ3) is 5.66. The van der Waals surface area contributed by atoms with Crippen molar-refractivity contribution in [1.29, 1.82) is 0 Å². The summed E-state index contributed by atoms with van der Waals surface area (Å²) in [5.41, 5.74) is 0.592. The Kier molecular flexibility index (Phi) is 7.77. The molecule has 1 atom stereocenters. The van der Waals surface area contributed by atoms with Gasteiger partial charge in [-0.15, -0.1) is 10.2 Å². The molecule has 3 aromatic heterocycles. The normalized spacial score (nSPS) is 15.6. The monoisotopic (exact) mass is 546 g/mol. The number of phenolic OH excluding ortho intramolecular Hbond substituents is 1. The highest BCUT2D eigenvalue weighted by Crippen LogP contribution is 2.40. The number of nitrogens with one attached hydrogen (secondary N) is 1. The van der Waals surface area contributed by atoms with E-state index in [1.165, 1.54) is 19.2 Å². The molecule has 0 saturated heterocycles. The highest BCUT2D eigenvalue weighted by molar-refractivity contribution is 5.77. The summed E-state index contributed by atoms with van der Waals surface area (Å²) in [7, 11) is 1.42. The topological polar surface area (TPSA) is 139 Å². The number of hydrogen-bond donors (Lipinski definition) is 3. The number of carbonyl (C=O) groups is 1. The van der Waals surface area contributed by atoms with Crippen molar-refractivity contribution in [2.75, 3.05) is 13.7 Å². The molecule has 1 aliphatic rings. The van der Waals surface area contributed by atoms with Crippen LogP contribution < -0.4 is 15.5 Å². The van der Waals surface area contributed by atoms with Crippen LogP contribution in [0.2, 0.25) is 0 Å². The summed E-state index contributed by atoms with van der Waals surface area (Å²) >= 11 is 0. The first-order chi connectivity index (χ1) is 19.3. The Morgan fingerprint density at radius 1 is 1.15 bits per heavy atom. The number of pyridine rings is 1. The molecule has 4 aromatic rings. The van der Waals surface area contributed by atoms with Crippen LogP contribution in [0.3, 0.4) is 0 Å². The fourth-order valence-electron chi connectivity index (χ4n) is 5.74. The summed E-state index contributed by atoms with van der Waals surface area (Å²) < 4.78 is 13.0. The molecule has 10 heteroatoms. The second-order valence-corrected chi connectivity index (χ2v) is 10.7. The van der Waals surface area contributed by atoms with Crippen molar-refractivity contribution in [2.45, 2.75) is 57.8 Å². The van der Waals surface area contributed by atoms with E-state index in [2.05, 4.69) is 15.5 Å². The standard InChI is InChI=1S/C30H34N4O6/c1-19-14-23(36)28(38)29(40-19)21(20-9-10-22(35)24(15-20)39-2)16-27(37)31-18-30(11-5-3-6-12-30)17-26-33-32-25-8-4-7-13-34(25)26/h4,7-10,13-15,21,35,38H,3,5-6,11-12,16-18H2,1-2H3,(H,31,37)/t21-/m1/s1. The molecule has 3 heterocycles. The number of aromatic hydroxyl groups is 2. The minimum absolute atomic E-state index is 0.00444. The number of aryl methyl sites for hydroxylation is 1. The van der Waals surface area contributed by atoms with Crippen LogP contribution in [0, 0.1) is 12.3 Å². The lowest BCUT2D eigenvalue weighted by Gasteiger charge is -2.37. The van der Waals surface area contributed by atoms with Gasteiger partial charge in [0.25, 0.3) is 0 Å². The lowest BCUT2D eigenvalue weighted by atomic mass is 9.71. The van der Waals surface area contributed by atoms with Gasteiger partial charge in [0.1, 0.15) is 11.6 Å². The third-order valence-corrected chi connectivity index (χ3v) is 7.88. The lowest BCUT2D eigenvalue weighted by Crippen LogP contribution is -2.41. The second-order valence-electron chi connectivity index (χ2n) is 10.7. The Bertz CT molecular complexity index is 1570. The molecule has 40 heavy (non-hydrogen) atoms. The first kappa shape index (κ1) is 27.2. The van der Waals surface area contributed by atoms with E-state index in [0.717, 1.165) is 43.6 Å². The zero-order chi connectivity index (χ0) is 28.3. The number of ether oxygens (including phenoxy) is 1. The van der Waals surface area contributed by atoms with Crippen molar-refractivity contribution >= 4 is 11.6 Å². The highest BCUT2D eigenvalue weighted by atomic mass is 16.5. The van der Waals surface area contributed by atoms with Crippen molar-refractivity contribution in [3.63, 3.8) is 0 Å². The van der Waals surface area contributed by atoms with E-state index < -0.39 is 17.1 Å². The van der Waals surface area contributed by atoms with Gasteiger partial charge in [-0.05, 0) is 55.0 Å². The summed E-state index contributed by atoms with van der Waals surface area (Å²) in [6.07, 6.45) is 7.78. The maximum absolute atomic E-state index is 13.5. The van der Waals surface area contributed by atoms with Crippen LogP contribution >= 0.6 is 0 Å². The SMILES string of the molecule is COc1cc([C@@H](CC(=O)NCC2(Cc3nnc4ccccn34)CCCCC2)c2oc(C)cc(=O)c2O)ccc1O. The third-order valence-electron chi connectivity index (χ3n) is 7.88. The van der Waals surface area contributed by atoms with Crippen LogP contribution in [0.1, 0.15) is 67.4 Å². The Balaban J connectivity index is 1.40. The van der Waals surface area contributed by atoms with Gasteiger partial charge in [0.05, 0.1) is 13.0 Å². The van der Waals surface area contributed by atoms with Gasteiger partial charge in [0.15, 0.2) is 22.9 Å². The van der Waals surface area contributed by atoms with Gasteiger partial charge >= 0.3 is 0 Å². The van der Waals surface area contributed by atoms with Gasteiger partial charge in [0, 0.05) is 31.6 Å². The Morgan fingerprint density at radius 2 is 1.95 bits per heavy atom. The molecule has 10 nitrogen and oxygen atoms in total. The maximum Gasteiger partial charge on any atom is 0.227 e. The fourth-order valence-corrected chi connectivity index (χ4v) is 5.74. The van der Waals surface area contributed by atoms with E-state index in [0.29, 0.717) is 24.3 Å². The van der Waals surface area contributed by atoms with Crippen LogP contribution in [0.15, 0.2) is 57.9 Å². The number of carbonyl (C=O) groups excluding carboxylic acids is 1. The molecule has 1 aliphatic carbocycles. The molecule has 3 N–H and O–H groups in total. The Hall–Kier alpha value is -4.34. The van der Waals surface area contributed by atoms with Gasteiger partial charge in [-0.1, -0.05) is 31.4 Å². The molecule has 0 radical (unpaired) electrons. The van der Waals surface area contributed by atoms with Crippen LogP contribution in [0.25, 0.3) is 5.65 Å². The van der Waals surface area contributed by atoms with Gasteiger partial charge < -0.3 is 24.7 Å². The zero-order valence-electron chi connectivity index (χ0n) is 22.7. The quantitative estimate of drug-likeness (QED) is 0.283. The number of phenols is 1. The van der Waals surface area contributed by atoms with E-state index in [1.54, 1.807) is 19.1 Å². The molecule has 0 spiro atoms. The largest absolute Gasteiger partial charge is 0.504 e. The molecule has 1 amide bonds. The van der Waals surface area contributed by atoms with Crippen molar-refractivity contribution in [3.05, 3.63) is 81.8 Å². The average molecular weight is 547 g/mol. The number of amides is 1. The van der Waals surface area contributed by atoms with Gasteiger partial charge in [-0.2, -0.15) is 0 Å². The Morgan fingerprint density at radius 3 is 2.73 bits per heavy atom. The van der Waals surface area contributed by atoms with E-state index in [1.807, 2.05) is 28.8 Å². The van der Waals surface area contributed by atoms with Crippen LogP contribution in [-0.4, -0.2) is 44.4 Å². The molecular formula is C30H34N4O6. The zero-order valence-corrected chi connectivity index (χ0v) is 22.7. The fraction of sp³-hybridized carbons (Fsp3) is 0.400. The number of methoxy groups -OCH3 is 1. The van der Waals surface area contributed by atoms with E-state index in [-0.39, 0.29) is 35.0 Å². The van der Waals surface area contributed by atoms with Gasteiger partial charge in [0.2, 0.25) is 17.1 Å². The molecule has 0 aliphatic heterocycles. The van der Waals surface area contributed by atoms with Crippen molar-refractivity contribution < 1.29 is 24.2 Å². The number of nitrogens with zero attached hydrogens (tertiary/aromatic N) is 3. The molecule has 5 rings (SSSR count). The van der Waals surface area contributed by atoms with Crippen molar-refractivity contribution in [1.82, 2.24) is 19.9 Å². The smallest absolute Gasteiger partial charge is 0.227 e. The Labute approximate surface area is 231 Å². The van der Waals surface area contributed by atoms with Crippen LogP contribution in [0.5, 0.6) is 17.2 Å². The number of benzene rings is 1. The number of hydrogen-bond acceptors (Lipinski definition) is 8. The van der Waals surface area contributed by atoms with Crippen molar-refractivity contribution in [2.24, 2.45) is 5.41 Å². The first-order valence-electron chi connectivity index (χ1n) is 13.5. The minimum Gasteiger partial charge on any atom is -0.504 e. The predicted molar refractivity (Wildman–Crippen MR) is 148 cm³/mol. The van der Waals surface area contributed by atoms with E-state index >= 15 is 0 Å². The molecule has 0 bridgehead atoms. The van der Waals surface area contributed by atoms with Crippen LogP contribution in [0.4, 0.5) is 0 Å². The highest BCUT2D eigenvalue weighted by Gasteiger charge is 2.35. The van der Waals surface area contributed by atoms with E-state index in [4.69, 9.17) is 9.15 Å². The number of fused-ring (bicyclic) bond motifs is 1. The first-order valence-corrected chi connectivity index (χ1v) is 13.5. The summed E-state index contributed by atoms with van der Waals surface area (Å²) in [4.78, 5) is 25.9. The maximum atomic E-state index is 13.5. The van der Waals surface area contributed by atoms with Crippen molar-refractivity contribution in [3.8, 4) is 17.2 Å². The molecule has 0 unspecified atom stereocenters. The average Bonchev–Trinajstić information content (AvgIpc) is 3.36. The molecule has 210 valence electrons. The number of rotatable bonds is 9. The summed E-state index contributed by atoms with van der Waals surface area (Å²) in [6.45, 7) is 2.07.